The van der Waals surface area contributed by atoms with Gasteiger partial charge in [-0.15, -0.1) is 4.68 Å². The van der Waals surface area contributed by atoms with Crippen molar-refractivity contribution in [2.75, 3.05) is 6.54 Å². The summed E-state index contributed by atoms with van der Waals surface area (Å²) in [5, 5.41) is 5.53. The van der Waals surface area contributed by atoms with E-state index in [1.54, 1.807) is 24.2 Å². The van der Waals surface area contributed by atoms with Crippen molar-refractivity contribution in [1.29, 1.82) is 0 Å². The summed E-state index contributed by atoms with van der Waals surface area (Å²) in [4.78, 5) is 3.98. The first kappa shape index (κ1) is 18.3. The van der Waals surface area contributed by atoms with Crippen LogP contribution in [0.3, 0.4) is 0 Å². The Bertz CT molecular complexity index is 649. The average molecular weight is 381 g/mol. The van der Waals surface area contributed by atoms with Gasteiger partial charge in [-0.25, -0.2) is 0 Å². The number of pyridine rings is 1. The van der Waals surface area contributed by atoms with Crippen LogP contribution < -0.4 is 22.7 Å². The van der Waals surface area contributed by atoms with Crippen LogP contribution in [0.25, 0.3) is 0 Å². The first-order valence-electron chi connectivity index (χ1n) is 6.38. The SMILES string of the molecule is NC1=[N+](/N=C/c2ccncc2)C[C@@H](c2ccccc2)S1.O.[Br-]. The van der Waals surface area contributed by atoms with Crippen LogP contribution in [0.5, 0.6) is 0 Å². The minimum atomic E-state index is 0. The summed E-state index contributed by atoms with van der Waals surface area (Å²) >= 11 is 1.66. The van der Waals surface area contributed by atoms with Crippen LogP contribution in [0.4, 0.5) is 0 Å². The fourth-order valence-corrected chi connectivity index (χ4v) is 3.07. The smallest absolute Gasteiger partial charge is 0.330 e. The monoisotopic (exact) mass is 380 g/mol. The lowest BCUT2D eigenvalue weighted by atomic mass is 10.1. The molecule has 1 atom stereocenters. The number of hydrazone groups is 1. The van der Waals surface area contributed by atoms with E-state index < -0.39 is 0 Å². The van der Waals surface area contributed by atoms with Crippen molar-refractivity contribution in [3.05, 3.63) is 66.0 Å². The summed E-state index contributed by atoms with van der Waals surface area (Å²) in [5.41, 5.74) is 8.34. The molecule has 2 aromatic rings. The van der Waals surface area contributed by atoms with E-state index in [9.17, 15) is 0 Å². The number of nitrogens with two attached hydrogens (primary N) is 1. The van der Waals surface area contributed by atoms with Gasteiger partial charge in [0.05, 0.1) is 11.5 Å². The van der Waals surface area contributed by atoms with Gasteiger partial charge < -0.3 is 22.5 Å². The Kier molecular flexibility index (Phi) is 7.23. The molecule has 0 amide bonds. The number of rotatable bonds is 3. The molecule has 0 saturated heterocycles. The normalized spacial score (nSPS) is 17.2. The van der Waals surface area contributed by atoms with Gasteiger partial charge >= 0.3 is 5.17 Å². The largest absolute Gasteiger partial charge is 1.00 e. The molecule has 0 spiro atoms. The van der Waals surface area contributed by atoms with E-state index >= 15 is 0 Å². The zero-order valence-electron chi connectivity index (χ0n) is 11.8. The number of aromatic nitrogens is 1. The van der Waals surface area contributed by atoms with Gasteiger partial charge in [0.15, 0.2) is 0 Å². The van der Waals surface area contributed by atoms with Crippen LogP contribution in [0.15, 0.2) is 60.0 Å². The van der Waals surface area contributed by atoms with Gasteiger partial charge in [-0.05, 0) is 35.0 Å². The average Bonchev–Trinajstić information content (AvgIpc) is 2.88. The van der Waals surface area contributed by atoms with E-state index in [-0.39, 0.29) is 22.5 Å². The second-order valence-corrected chi connectivity index (χ2v) is 5.69. The highest BCUT2D eigenvalue weighted by Crippen LogP contribution is 2.33. The molecule has 5 nitrogen and oxygen atoms in total. The molecule has 0 bridgehead atoms. The maximum atomic E-state index is 6.05. The van der Waals surface area contributed by atoms with Crippen molar-refractivity contribution >= 4 is 23.1 Å². The fraction of sp³-hybridized carbons (Fsp3) is 0.133. The Hall–Kier alpha value is -1.70. The Balaban J connectivity index is 0.00000121. The molecule has 3 rings (SSSR count). The number of hydrogen-bond acceptors (Lipinski definition) is 4. The number of nitrogens with zero attached hydrogens (tertiary/aromatic N) is 3. The van der Waals surface area contributed by atoms with Crippen molar-refractivity contribution in [2.24, 2.45) is 10.8 Å². The highest BCUT2D eigenvalue weighted by Gasteiger charge is 2.29. The molecule has 0 unspecified atom stereocenters. The molecule has 1 aromatic carbocycles. The third-order valence-electron chi connectivity index (χ3n) is 3.08. The first-order valence-corrected chi connectivity index (χ1v) is 7.26. The lowest BCUT2D eigenvalue weighted by Crippen LogP contribution is -3.00. The van der Waals surface area contributed by atoms with Crippen LogP contribution in [0.2, 0.25) is 0 Å². The molecule has 2 heterocycles. The molecule has 1 aliphatic rings. The summed E-state index contributed by atoms with van der Waals surface area (Å²) in [6, 6.07) is 14.2. The van der Waals surface area contributed by atoms with Crippen molar-refractivity contribution in [1.82, 2.24) is 4.98 Å². The fourth-order valence-electron chi connectivity index (χ4n) is 2.02. The molecule has 0 aliphatic carbocycles. The molecule has 1 aliphatic heterocycles. The number of benzene rings is 1. The van der Waals surface area contributed by atoms with Crippen molar-refractivity contribution in [2.45, 2.75) is 5.25 Å². The molecule has 0 saturated carbocycles. The summed E-state index contributed by atoms with van der Waals surface area (Å²) in [6.07, 6.45) is 5.31. The lowest BCUT2D eigenvalue weighted by Gasteiger charge is -2.04. The van der Waals surface area contributed by atoms with Crippen LogP contribution in [0.1, 0.15) is 16.4 Å². The van der Waals surface area contributed by atoms with E-state index in [0.717, 1.165) is 17.3 Å². The zero-order chi connectivity index (χ0) is 13.8. The molecule has 0 fully saturated rings. The maximum absolute atomic E-state index is 6.05. The van der Waals surface area contributed by atoms with Crippen molar-refractivity contribution in [3.8, 4) is 0 Å². The van der Waals surface area contributed by atoms with Gasteiger partial charge in [0, 0.05) is 12.4 Å². The molecule has 7 heteroatoms. The van der Waals surface area contributed by atoms with Crippen LogP contribution in [-0.4, -0.2) is 33.1 Å². The molecule has 0 radical (unpaired) electrons. The predicted octanol–water partition coefficient (Wildman–Crippen LogP) is -1.59. The second-order valence-electron chi connectivity index (χ2n) is 4.46. The topological polar surface area (TPSA) is 85.8 Å². The minimum absolute atomic E-state index is 0. The summed E-state index contributed by atoms with van der Waals surface area (Å²) < 4.78 is 1.85. The lowest BCUT2D eigenvalue weighted by molar-refractivity contribution is -0.527. The number of amidine groups is 1. The Morgan fingerprint density at radius 1 is 1.18 bits per heavy atom. The first-order chi connectivity index (χ1) is 9.83. The van der Waals surface area contributed by atoms with Crippen molar-refractivity contribution in [3.63, 3.8) is 0 Å². The van der Waals surface area contributed by atoms with E-state index in [1.165, 1.54) is 5.56 Å². The molecule has 1 aromatic heterocycles. The molecular formula is C15H17BrN4OS. The minimum Gasteiger partial charge on any atom is -1.00 e. The van der Waals surface area contributed by atoms with Gasteiger partial charge in [0.25, 0.3) is 0 Å². The number of halogens is 1. The third kappa shape index (κ3) is 4.40. The molecule has 22 heavy (non-hydrogen) atoms. The van der Waals surface area contributed by atoms with Gasteiger partial charge in [0.2, 0.25) is 0 Å². The Morgan fingerprint density at radius 2 is 1.86 bits per heavy atom. The quantitative estimate of drug-likeness (QED) is 0.514. The summed E-state index contributed by atoms with van der Waals surface area (Å²) in [6.45, 7) is 0.794. The zero-order valence-corrected chi connectivity index (χ0v) is 14.2. The maximum Gasteiger partial charge on any atom is 0.330 e. The summed E-state index contributed by atoms with van der Waals surface area (Å²) in [5.74, 6) is 0. The molecular weight excluding hydrogens is 364 g/mol. The van der Waals surface area contributed by atoms with Crippen LogP contribution in [0, 0.1) is 0 Å². The van der Waals surface area contributed by atoms with Gasteiger partial charge in [-0.3, -0.25) is 10.7 Å². The molecule has 116 valence electrons. The number of thioether (sulfide) groups is 1. The van der Waals surface area contributed by atoms with Crippen molar-refractivity contribution < 1.29 is 27.1 Å². The van der Waals surface area contributed by atoms with Gasteiger partial charge in [-0.1, -0.05) is 35.4 Å². The Labute approximate surface area is 144 Å². The van der Waals surface area contributed by atoms with Gasteiger partial charge in [-0.2, -0.15) is 0 Å². The van der Waals surface area contributed by atoms with Crippen LogP contribution in [-0.2, 0) is 0 Å². The van der Waals surface area contributed by atoms with Crippen LogP contribution >= 0.6 is 11.8 Å². The number of hydrogen-bond donors (Lipinski definition) is 1. The highest BCUT2D eigenvalue weighted by molar-refractivity contribution is 8.13. The van der Waals surface area contributed by atoms with E-state index in [1.807, 2.05) is 29.1 Å². The molecule has 4 N–H and O–H groups in total. The van der Waals surface area contributed by atoms with E-state index in [0.29, 0.717) is 5.25 Å². The van der Waals surface area contributed by atoms with E-state index in [2.05, 4.69) is 34.4 Å². The van der Waals surface area contributed by atoms with E-state index in [4.69, 9.17) is 5.73 Å². The highest BCUT2D eigenvalue weighted by atomic mass is 79.9. The second kappa shape index (κ2) is 8.67. The standard InChI is InChI=1S/C15H14N4S.BrH.H2O/c16-15-19(18-10-12-6-8-17-9-7-12)11-14(20-15)13-4-2-1-3-5-13;;/h1-10,14,16H,11H2;1H;1H2/b18-10+;;/t14-;;/m0../s1. The summed E-state index contributed by atoms with van der Waals surface area (Å²) in [7, 11) is 0. The third-order valence-corrected chi connectivity index (χ3v) is 4.24. The Morgan fingerprint density at radius 3 is 2.55 bits per heavy atom. The van der Waals surface area contributed by atoms with Gasteiger partial charge in [0.1, 0.15) is 6.54 Å². The predicted molar refractivity (Wildman–Crippen MR) is 86.5 cm³/mol.